The maximum Gasteiger partial charge on any atom is 0.0757 e. The van der Waals surface area contributed by atoms with E-state index in [0.717, 1.165) is 6.42 Å². The van der Waals surface area contributed by atoms with E-state index in [1.807, 2.05) is 0 Å². The molecule has 0 fully saturated rings. The smallest absolute Gasteiger partial charge is 0.0757 e. The van der Waals surface area contributed by atoms with Crippen LogP contribution in [0.4, 0.5) is 0 Å². The summed E-state index contributed by atoms with van der Waals surface area (Å²) < 4.78 is 0. The van der Waals surface area contributed by atoms with E-state index in [0.29, 0.717) is 0 Å². The second-order valence-corrected chi connectivity index (χ2v) is 4.54. The Hall–Kier alpha value is -0.400. The Bertz CT molecular complexity index is 140. The van der Waals surface area contributed by atoms with Gasteiger partial charge in [0.1, 0.15) is 0 Å². The summed E-state index contributed by atoms with van der Waals surface area (Å²) in [7, 11) is 0. The quantitative estimate of drug-likeness (QED) is 0.547. The van der Waals surface area contributed by atoms with Crippen LogP contribution in [0.1, 0.15) is 48.0 Å². The molecule has 2 nitrogen and oxygen atoms in total. The highest BCUT2D eigenvalue weighted by Crippen LogP contribution is 2.17. The Balaban J connectivity index is 4.13. The summed E-state index contributed by atoms with van der Waals surface area (Å²) in [5.74, 6) is 0. The summed E-state index contributed by atoms with van der Waals surface area (Å²) in [5.41, 5.74) is -0.0281. The van der Waals surface area contributed by atoms with Crippen LogP contribution in [0, 0.1) is 0 Å². The Morgan fingerprint density at radius 1 is 0.909 bits per heavy atom. The average molecular weight is 156 g/mol. The van der Waals surface area contributed by atoms with E-state index in [4.69, 9.17) is 0 Å². The molecule has 0 saturated carbocycles. The van der Waals surface area contributed by atoms with Gasteiger partial charge in [-0.15, -0.1) is 0 Å². The van der Waals surface area contributed by atoms with Gasteiger partial charge < -0.3 is 0 Å². The fourth-order valence-corrected chi connectivity index (χ4v) is 0.356. The monoisotopic (exact) mass is 156 g/mol. The molecule has 0 aliphatic heterocycles. The second-order valence-electron chi connectivity index (χ2n) is 4.54. The number of azo groups is 1. The third-order valence-electron chi connectivity index (χ3n) is 1.49. The van der Waals surface area contributed by atoms with Gasteiger partial charge in [-0.2, -0.15) is 10.2 Å². The summed E-state index contributed by atoms with van der Waals surface area (Å²) in [6, 6.07) is 0. The zero-order chi connectivity index (χ0) is 9.12. The lowest BCUT2D eigenvalue weighted by atomic mass is 10.0. The highest BCUT2D eigenvalue weighted by Gasteiger charge is 2.15. The minimum Gasteiger partial charge on any atom is -0.188 e. The molecule has 0 spiro atoms. The summed E-state index contributed by atoms with van der Waals surface area (Å²) in [6.07, 6.45) is 1.03. The molecule has 0 aliphatic rings. The lowest BCUT2D eigenvalue weighted by Crippen LogP contribution is -2.17. The maximum absolute atomic E-state index is 4.27. The Labute approximate surface area is 70.1 Å². The van der Waals surface area contributed by atoms with Crippen LogP contribution in [-0.2, 0) is 0 Å². The van der Waals surface area contributed by atoms with E-state index in [1.165, 1.54) is 0 Å². The van der Waals surface area contributed by atoms with Crippen LogP contribution < -0.4 is 0 Å². The van der Waals surface area contributed by atoms with Crippen LogP contribution in [0.5, 0.6) is 0 Å². The second kappa shape index (κ2) is 3.33. The highest BCUT2D eigenvalue weighted by atomic mass is 15.2. The summed E-state index contributed by atoms with van der Waals surface area (Å²) in [6.45, 7) is 12.5. The first-order valence-electron chi connectivity index (χ1n) is 4.21. The molecule has 0 N–H and O–H groups in total. The molecule has 0 atom stereocenters. The van der Waals surface area contributed by atoms with Crippen LogP contribution in [0.3, 0.4) is 0 Å². The molecular formula is C9H20N2. The Morgan fingerprint density at radius 2 is 1.36 bits per heavy atom. The molecule has 0 heterocycles. The molecule has 66 valence electrons. The number of hydrogen-bond acceptors (Lipinski definition) is 2. The fourth-order valence-electron chi connectivity index (χ4n) is 0.356. The first-order chi connectivity index (χ1) is 4.77. The average Bonchev–Trinajstić information content (AvgIpc) is 1.83. The van der Waals surface area contributed by atoms with E-state index in [9.17, 15) is 0 Å². The van der Waals surface area contributed by atoms with Gasteiger partial charge in [0, 0.05) is 0 Å². The van der Waals surface area contributed by atoms with Crippen LogP contribution in [0.15, 0.2) is 10.2 Å². The van der Waals surface area contributed by atoms with Crippen LogP contribution in [0.2, 0.25) is 0 Å². The predicted octanol–water partition coefficient (Wildman–Crippen LogP) is 3.43. The van der Waals surface area contributed by atoms with E-state index in [-0.39, 0.29) is 11.1 Å². The van der Waals surface area contributed by atoms with Crippen molar-refractivity contribution in [3.05, 3.63) is 0 Å². The molecule has 11 heavy (non-hydrogen) atoms. The SMILES string of the molecule is CCC(C)(C)N=NC(C)(C)C. The third kappa shape index (κ3) is 6.02. The van der Waals surface area contributed by atoms with Crippen LogP contribution in [-0.4, -0.2) is 11.1 Å². The van der Waals surface area contributed by atoms with Crippen molar-refractivity contribution in [2.45, 2.75) is 59.0 Å². The van der Waals surface area contributed by atoms with Crippen molar-refractivity contribution in [2.24, 2.45) is 10.2 Å². The van der Waals surface area contributed by atoms with Crippen molar-refractivity contribution >= 4 is 0 Å². The van der Waals surface area contributed by atoms with Crippen molar-refractivity contribution in [2.75, 3.05) is 0 Å². The highest BCUT2D eigenvalue weighted by molar-refractivity contribution is 4.76. The van der Waals surface area contributed by atoms with E-state index in [2.05, 4.69) is 51.8 Å². The topological polar surface area (TPSA) is 24.7 Å². The minimum absolute atomic E-state index is 0.00722. The van der Waals surface area contributed by atoms with Crippen LogP contribution >= 0.6 is 0 Å². The molecule has 0 radical (unpaired) electrons. The molecule has 0 aromatic heterocycles. The van der Waals surface area contributed by atoms with Gasteiger partial charge in [0.05, 0.1) is 11.1 Å². The van der Waals surface area contributed by atoms with Gasteiger partial charge in [-0.3, -0.25) is 0 Å². The van der Waals surface area contributed by atoms with E-state index in [1.54, 1.807) is 0 Å². The molecule has 0 aliphatic carbocycles. The summed E-state index contributed by atoms with van der Waals surface area (Å²) in [5, 5.41) is 8.49. The van der Waals surface area contributed by atoms with Gasteiger partial charge in [0.2, 0.25) is 0 Å². The zero-order valence-electron chi connectivity index (χ0n) is 8.60. The van der Waals surface area contributed by atoms with Gasteiger partial charge in [-0.1, -0.05) is 6.92 Å². The molecule has 0 aromatic rings. The molecule has 0 unspecified atom stereocenters. The molecule has 0 saturated heterocycles. The van der Waals surface area contributed by atoms with Crippen molar-refractivity contribution in [3.63, 3.8) is 0 Å². The van der Waals surface area contributed by atoms with Gasteiger partial charge >= 0.3 is 0 Å². The fraction of sp³-hybridized carbons (Fsp3) is 1.00. The Morgan fingerprint density at radius 3 is 1.64 bits per heavy atom. The molecule has 0 amide bonds. The Kier molecular flexibility index (Phi) is 3.21. The number of rotatable bonds is 2. The molecular weight excluding hydrogens is 136 g/mol. The molecule has 2 heteroatoms. The maximum atomic E-state index is 4.27. The van der Waals surface area contributed by atoms with E-state index >= 15 is 0 Å². The summed E-state index contributed by atoms with van der Waals surface area (Å²) in [4.78, 5) is 0. The standard InChI is InChI=1S/C9H20N2/c1-7-9(5,6)11-10-8(2,3)4/h7H2,1-6H3. The number of hydrogen-bond donors (Lipinski definition) is 0. The van der Waals surface area contributed by atoms with Gasteiger partial charge in [-0.25, -0.2) is 0 Å². The number of nitrogens with zero attached hydrogens (tertiary/aromatic N) is 2. The first-order valence-corrected chi connectivity index (χ1v) is 4.21. The van der Waals surface area contributed by atoms with Crippen molar-refractivity contribution in [3.8, 4) is 0 Å². The van der Waals surface area contributed by atoms with Crippen molar-refractivity contribution in [1.29, 1.82) is 0 Å². The minimum atomic E-state index is -0.0353. The normalized spacial score (nSPS) is 14.4. The van der Waals surface area contributed by atoms with Crippen LogP contribution in [0.25, 0.3) is 0 Å². The molecule has 0 aromatic carbocycles. The zero-order valence-corrected chi connectivity index (χ0v) is 8.60. The summed E-state index contributed by atoms with van der Waals surface area (Å²) >= 11 is 0. The van der Waals surface area contributed by atoms with E-state index < -0.39 is 0 Å². The van der Waals surface area contributed by atoms with Crippen molar-refractivity contribution < 1.29 is 0 Å². The third-order valence-corrected chi connectivity index (χ3v) is 1.49. The molecule has 0 bridgehead atoms. The largest absolute Gasteiger partial charge is 0.188 e. The lowest BCUT2D eigenvalue weighted by Gasteiger charge is -2.18. The van der Waals surface area contributed by atoms with Gasteiger partial charge in [0.25, 0.3) is 0 Å². The predicted molar refractivity (Wildman–Crippen MR) is 49.0 cm³/mol. The lowest BCUT2D eigenvalue weighted by molar-refractivity contribution is 0.428. The van der Waals surface area contributed by atoms with Gasteiger partial charge in [0.15, 0.2) is 0 Å². The molecule has 0 rings (SSSR count). The first kappa shape index (κ1) is 10.6. The van der Waals surface area contributed by atoms with Gasteiger partial charge in [-0.05, 0) is 41.0 Å². The van der Waals surface area contributed by atoms with Crippen molar-refractivity contribution in [1.82, 2.24) is 0 Å².